The van der Waals surface area contributed by atoms with Crippen LogP contribution in [0.2, 0.25) is 0 Å². The summed E-state index contributed by atoms with van der Waals surface area (Å²) in [6.07, 6.45) is 2.28. The maximum absolute atomic E-state index is 2.86. The highest BCUT2D eigenvalue weighted by atomic mass is 31.0. The molecule has 0 saturated carbocycles. The first-order valence-corrected chi connectivity index (χ1v) is 6.96. The van der Waals surface area contributed by atoms with E-state index in [0.717, 1.165) is 6.16 Å². The van der Waals surface area contributed by atoms with Gasteiger partial charge in [0.2, 0.25) is 0 Å². The van der Waals surface area contributed by atoms with E-state index in [0.29, 0.717) is 0 Å². The van der Waals surface area contributed by atoms with Crippen LogP contribution >= 0.6 is 9.24 Å². The van der Waals surface area contributed by atoms with E-state index in [2.05, 4.69) is 68.1 Å². The van der Waals surface area contributed by atoms with E-state index < -0.39 is 0 Å². The molecule has 16 heavy (non-hydrogen) atoms. The van der Waals surface area contributed by atoms with Crippen LogP contribution in [0, 0.1) is 0 Å². The van der Waals surface area contributed by atoms with Crippen LogP contribution in [0.5, 0.6) is 0 Å². The van der Waals surface area contributed by atoms with Gasteiger partial charge in [0.1, 0.15) is 0 Å². The highest BCUT2D eigenvalue weighted by molar-refractivity contribution is 7.16. The molecule has 0 heterocycles. The van der Waals surface area contributed by atoms with E-state index in [1.54, 1.807) is 0 Å². The third-order valence-corrected chi connectivity index (χ3v) is 4.84. The maximum Gasteiger partial charge on any atom is -0.00690 e. The Kier molecular flexibility index (Phi) is 4.18. The van der Waals surface area contributed by atoms with Crippen molar-refractivity contribution in [2.75, 3.05) is 6.16 Å². The molecule has 0 fully saturated rings. The predicted molar refractivity (Wildman–Crippen MR) is 77.4 cm³/mol. The summed E-state index contributed by atoms with van der Waals surface area (Å²) < 4.78 is 0. The smallest absolute Gasteiger partial charge is 0.00690 e. The van der Waals surface area contributed by atoms with E-state index >= 15 is 0 Å². The van der Waals surface area contributed by atoms with Crippen molar-refractivity contribution >= 4 is 9.24 Å². The van der Waals surface area contributed by atoms with E-state index in [-0.39, 0.29) is 10.8 Å². The van der Waals surface area contributed by atoms with Crippen molar-refractivity contribution in [1.29, 1.82) is 0 Å². The molecule has 1 aromatic rings. The molecule has 0 nitrogen and oxygen atoms in total. The van der Waals surface area contributed by atoms with Gasteiger partial charge in [-0.2, -0.15) is 0 Å². The Hall–Kier alpha value is -0.350. The molecule has 0 aromatic heterocycles. The van der Waals surface area contributed by atoms with Gasteiger partial charge in [0.25, 0.3) is 0 Å². The van der Waals surface area contributed by atoms with Crippen molar-refractivity contribution in [2.24, 2.45) is 0 Å². The number of hydrogen-bond donors (Lipinski definition) is 0. The monoisotopic (exact) mass is 236 g/mol. The molecule has 0 aliphatic carbocycles. The molecule has 1 atom stereocenters. The van der Waals surface area contributed by atoms with Crippen LogP contribution < -0.4 is 0 Å². The van der Waals surface area contributed by atoms with Gasteiger partial charge in [0.15, 0.2) is 0 Å². The van der Waals surface area contributed by atoms with Crippen molar-refractivity contribution in [2.45, 2.75) is 51.9 Å². The van der Waals surface area contributed by atoms with Gasteiger partial charge in [-0.05, 0) is 34.5 Å². The largest absolute Gasteiger partial charge is 0.137 e. The maximum atomic E-state index is 2.86. The van der Waals surface area contributed by atoms with Gasteiger partial charge in [0, 0.05) is 0 Å². The number of rotatable bonds is 4. The highest BCUT2D eigenvalue weighted by Crippen LogP contribution is 2.31. The molecule has 0 amide bonds. The number of hydrogen-bond acceptors (Lipinski definition) is 0. The Morgan fingerprint density at radius 1 is 1.00 bits per heavy atom. The molecule has 1 heteroatoms. The molecule has 0 aliphatic heterocycles. The van der Waals surface area contributed by atoms with Crippen LogP contribution in [0.15, 0.2) is 24.3 Å². The van der Waals surface area contributed by atoms with Crippen molar-refractivity contribution < 1.29 is 0 Å². The molecule has 0 radical (unpaired) electrons. The molecule has 0 aliphatic rings. The Bertz CT molecular complexity index is 319. The fourth-order valence-electron chi connectivity index (χ4n) is 1.68. The zero-order valence-electron chi connectivity index (χ0n) is 11.3. The summed E-state index contributed by atoms with van der Waals surface area (Å²) in [5, 5.41) is 0. The second-order valence-corrected chi connectivity index (χ2v) is 6.31. The number of benzene rings is 1. The summed E-state index contributed by atoms with van der Waals surface area (Å²) in [4.78, 5) is 0. The second kappa shape index (κ2) is 4.88. The zero-order valence-corrected chi connectivity index (χ0v) is 12.5. The van der Waals surface area contributed by atoms with Gasteiger partial charge in [-0.25, -0.2) is 0 Å². The Labute approximate surface area is 103 Å². The Morgan fingerprint density at radius 3 is 1.94 bits per heavy atom. The van der Waals surface area contributed by atoms with Gasteiger partial charge >= 0.3 is 0 Å². The van der Waals surface area contributed by atoms with Crippen molar-refractivity contribution in [1.82, 2.24) is 0 Å². The minimum absolute atomic E-state index is 0.254. The SMILES string of the molecule is CCC(C)(C)c1cccc(C(C)(C)CP)c1. The molecule has 1 unspecified atom stereocenters. The second-order valence-electron chi connectivity index (χ2n) is 5.91. The first kappa shape index (κ1) is 13.7. The highest BCUT2D eigenvalue weighted by Gasteiger charge is 2.22. The fraction of sp³-hybridized carbons (Fsp3) is 0.600. The standard InChI is InChI=1S/C15H25P/c1-6-14(2,3)12-8-7-9-13(10-12)15(4,5)11-16/h7-10H,6,11,16H2,1-5H3. The summed E-state index contributed by atoms with van der Waals surface area (Å²) in [5.74, 6) is 0. The van der Waals surface area contributed by atoms with Crippen LogP contribution in [0.3, 0.4) is 0 Å². The van der Waals surface area contributed by atoms with E-state index in [1.165, 1.54) is 17.5 Å². The van der Waals surface area contributed by atoms with Crippen molar-refractivity contribution in [3.63, 3.8) is 0 Å². The lowest BCUT2D eigenvalue weighted by molar-refractivity contribution is 0.503. The molecule has 1 rings (SSSR count). The fourth-order valence-corrected chi connectivity index (χ4v) is 1.92. The lowest BCUT2D eigenvalue weighted by atomic mass is 9.78. The molecule has 0 N–H and O–H groups in total. The van der Waals surface area contributed by atoms with E-state index in [4.69, 9.17) is 0 Å². The summed E-state index contributed by atoms with van der Waals surface area (Å²) in [7, 11) is 2.86. The molecule has 90 valence electrons. The normalized spacial score (nSPS) is 12.9. The summed E-state index contributed by atoms with van der Waals surface area (Å²) >= 11 is 0. The van der Waals surface area contributed by atoms with Crippen molar-refractivity contribution in [3.05, 3.63) is 35.4 Å². The van der Waals surface area contributed by atoms with Crippen molar-refractivity contribution in [3.8, 4) is 0 Å². The summed E-state index contributed by atoms with van der Waals surface area (Å²) in [6.45, 7) is 11.5. The first-order valence-electron chi connectivity index (χ1n) is 6.14. The van der Waals surface area contributed by atoms with Gasteiger partial charge in [-0.3, -0.25) is 0 Å². The summed E-state index contributed by atoms with van der Waals surface area (Å²) in [6, 6.07) is 9.09. The van der Waals surface area contributed by atoms with Gasteiger partial charge in [-0.1, -0.05) is 58.9 Å². The van der Waals surface area contributed by atoms with Crippen LogP contribution in [-0.2, 0) is 10.8 Å². The lowest BCUT2D eigenvalue weighted by Gasteiger charge is -2.28. The predicted octanol–water partition coefficient (Wildman–Crippen LogP) is 4.53. The van der Waals surface area contributed by atoms with Crippen LogP contribution in [0.25, 0.3) is 0 Å². The zero-order chi connectivity index (χ0) is 12.4. The molecule has 1 aromatic carbocycles. The topological polar surface area (TPSA) is 0 Å². The molecule has 0 saturated heterocycles. The van der Waals surface area contributed by atoms with Crippen LogP contribution in [0.4, 0.5) is 0 Å². The molecule has 0 spiro atoms. The average molecular weight is 236 g/mol. The van der Waals surface area contributed by atoms with E-state index in [9.17, 15) is 0 Å². The molecular weight excluding hydrogens is 211 g/mol. The average Bonchev–Trinajstić information content (AvgIpc) is 2.29. The minimum Gasteiger partial charge on any atom is -0.137 e. The van der Waals surface area contributed by atoms with Gasteiger partial charge < -0.3 is 0 Å². The third-order valence-electron chi connectivity index (χ3n) is 3.82. The Balaban J connectivity index is 3.14. The van der Waals surface area contributed by atoms with Crippen LogP contribution in [0.1, 0.15) is 52.2 Å². The lowest BCUT2D eigenvalue weighted by Crippen LogP contribution is -2.21. The van der Waals surface area contributed by atoms with Gasteiger partial charge in [0.05, 0.1) is 0 Å². The first-order chi connectivity index (χ1) is 7.33. The Morgan fingerprint density at radius 2 is 1.50 bits per heavy atom. The summed E-state index contributed by atoms with van der Waals surface area (Å²) in [5.41, 5.74) is 3.44. The minimum atomic E-state index is 0.254. The molecular formula is C15H25P. The molecule has 0 bridgehead atoms. The third kappa shape index (κ3) is 2.86. The van der Waals surface area contributed by atoms with Gasteiger partial charge in [-0.15, -0.1) is 9.24 Å². The van der Waals surface area contributed by atoms with E-state index in [1.807, 2.05) is 0 Å². The quantitative estimate of drug-likeness (QED) is 0.674. The van der Waals surface area contributed by atoms with Crippen LogP contribution in [-0.4, -0.2) is 6.16 Å².